The van der Waals surface area contributed by atoms with Gasteiger partial charge in [-0.05, 0) is 50.4 Å². The second kappa shape index (κ2) is 33.0. The highest BCUT2D eigenvalue weighted by Gasteiger charge is 2.12. The zero-order chi connectivity index (χ0) is 32.5. The fourth-order valence-electron chi connectivity index (χ4n) is 6.08. The third-order valence-corrected chi connectivity index (χ3v) is 9.12. The lowest BCUT2D eigenvalue weighted by atomic mass is 9.92. The molecule has 0 atom stereocenters. The Hall–Kier alpha value is -1.39. The smallest absolute Gasteiger partial charge is 0.305 e. The second-order valence-electron chi connectivity index (χ2n) is 13.4. The Bertz CT molecular complexity index is 587. The van der Waals surface area contributed by atoms with Crippen molar-refractivity contribution in [2.45, 2.75) is 207 Å². The molecule has 44 heavy (non-hydrogen) atoms. The summed E-state index contributed by atoms with van der Waals surface area (Å²) in [6, 6.07) is 0. The molecule has 0 spiro atoms. The van der Waals surface area contributed by atoms with Gasteiger partial charge in [-0.25, -0.2) is 0 Å². The number of rotatable bonds is 34. The van der Waals surface area contributed by atoms with Gasteiger partial charge in [0, 0.05) is 25.7 Å². The largest absolute Gasteiger partial charge is 0.466 e. The van der Waals surface area contributed by atoms with Gasteiger partial charge in [0.15, 0.2) is 0 Å². The van der Waals surface area contributed by atoms with Crippen molar-refractivity contribution < 1.29 is 23.9 Å². The predicted molar refractivity (Wildman–Crippen MR) is 186 cm³/mol. The molecule has 0 aliphatic heterocycles. The SMILES string of the molecule is CCCCCC(CCCCC)CCOC(=O)CCCCCC(=O)CCCCCC(=O)OCCC(CCCCC)CCCCC. The normalized spacial score (nSPS) is 11.4. The van der Waals surface area contributed by atoms with E-state index in [1.54, 1.807) is 0 Å². The average molecular weight is 623 g/mol. The van der Waals surface area contributed by atoms with E-state index in [9.17, 15) is 14.4 Å². The maximum atomic E-state index is 12.2. The fraction of sp³-hybridized carbons (Fsp3) is 0.923. The van der Waals surface area contributed by atoms with E-state index in [-0.39, 0.29) is 11.9 Å². The molecule has 0 aromatic carbocycles. The predicted octanol–water partition coefficient (Wildman–Crippen LogP) is 11.9. The Labute approximate surface area is 273 Å². The number of ether oxygens (including phenoxy) is 2. The summed E-state index contributed by atoms with van der Waals surface area (Å²) >= 11 is 0. The molecule has 0 bridgehead atoms. The Kier molecular flexibility index (Phi) is 31.9. The standard InChI is InChI=1S/C39H74O5/c1-5-9-15-23-35(24-16-10-6-2)31-33-43-38(41)29-21-13-19-27-37(40)28-20-14-22-30-39(42)44-34-32-36(25-17-11-7-3)26-18-12-8-4/h35-36H,5-34H2,1-4H3. The topological polar surface area (TPSA) is 69.7 Å². The van der Waals surface area contributed by atoms with Crippen LogP contribution in [-0.2, 0) is 23.9 Å². The molecule has 0 fully saturated rings. The summed E-state index contributed by atoms with van der Waals surface area (Å²) in [5.41, 5.74) is 0. The monoisotopic (exact) mass is 623 g/mol. The second-order valence-corrected chi connectivity index (χ2v) is 13.4. The van der Waals surface area contributed by atoms with E-state index in [4.69, 9.17) is 9.47 Å². The molecule has 0 aliphatic carbocycles. The molecule has 0 amide bonds. The van der Waals surface area contributed by atoms with Crippen LogP contribution in [0.3, 0.4) is 0 Å². The van der Waals surface area contributed by atoms with Crippen LogP contribution in [0.5, 0.6) is 0 Å². The van der Waals surface area contributed by atoms with Crippen molar-refractivity contribution in [3.8, 4) is 0 Å². The quantitative estimate of drug-likeness (QED) is 0.0527. The van der Waals surface area contributed by atoms with Crippen LogP contribution in [-0.4, -0.2) is 30.9 Å². The van der Waals surface area contributed by atoms with Crippen LogP contribution >= 0.6 is 0 Å². The van der Waals surface area contributed by atoms with Crippen LogP contribution in [0.2, 0.25) is 0 Å². The first-order valence-electron chi connectivity index (χ1n) is 19.3. The molecule has 0 unspecified atom stereocenters. The van der Waals surface area contributed by atoms with Crippen LogP contribution in [0, 0.1) is 11.8 Å². The summed E-state index contributed by atoms with van der Waals surface area (Å²) in [5, 5.41) is 0. The Balaban J connectivity index is 3.81. The first-order chi connectivity index (χ1) is 21.5. The van der Waals surface area contributed by atoms with Crippen molar-refractivity contribution in [1.82, 2.24) is 0 Å². The molecular weight excluding hydrogens is 548 g/mol. The van der Waals surface area contributed by atoms with Crippen LogP contribution in [0.1, 0.15) is 207 Å². The number of hydrogen-bond donors (Lipinski definition) is 0. The van der Waals surface area contributed by atoms with Gasteiger partial charge in [-0.2, -0.15) is 0 Å². The van der Waals surface area contributed by atoms with Gasteiger partial charge >= 0.3 is 11.9 Å². The molecule has 260 valence electrons. The van der Waals surface area contributed by atoms with Crippen molar-refractivity contribution in [2.75, 3.05) is 13.2 Å². The summed E-state index contributed by atoms with van der Waals surface area (Å²) < 4.78 is 11.1. The summed E-state index contributed by atoms with van der Waals surface area (Å²) in [4.78, 5) is 36.6. The molecule has 0 saturated heterocycles. The van der Waals surface area contributed by atoms with E-state index in [0.29, 0.717) is 56.5 Å². The van der Waals surface area contributed by atoms with Crippen molar-refractivity contribution in [3.63, 3.8) is 0 Å². The van der Waals surface area contributed by atoms with E-state index >= 15 is 0 Å². The minimum atomic E-state index is -0.0884. The van der Waals surface area contributed by atoms with Gasteiger partial charge in [-0.15, -0.1) is 0 Å². The lowest BCUT2D eigenvalue weighted by Gasteiger charge is -2.16. The number of hydrogen-bond acceptors (Lipinski definition) is 5. The van der Waals surface area contributed by atoms with Crippen LogP contribution in [0.25, 0.3) is 0 Å². The summed E-state index contributed by atoms with van der Waals surface area (Å²) in [7, 11) is 0. The maximum absolute atomic E-state index is 12.2. The zero-order valence-corrected chi connectivity index (χ0v) is 29.9. The van der Waals surface area contributed by atoms with Gasteiger partial charge in [0.2, 0.25) is 0 Å². The lowest BCUT2D eigenvalue weighted by molar-refractivity contribution is -0.145. The fourth-order valence-corrected chi connectivity index (χ4v) is 6.08. The number of unbranched alkanes of at least 4 members (excludes halogenated alkanes) is 12. The van der Waals surface area contributed by atoms with Gasteiger partial charge in [0.05, 0.1) is 13.2 Å². The number of Topliss-reactive ketones (excluding diaryl/α,β-unsaturated/α-hetero) is 1. The lowest BCUT2D eigenvalue weighted by Crippen LogP contribution is -2.10. The van der Waals surface area contributed by atoms with E-state index in [0.717, 1.165) is 51.4 Å². The van der Waals surface area contributed by atoms with E-state index in [1.807, 2.05) is 0 Å². The van der Waals surface area contributed by atoms with E-state index in [2.05, 4.69) is 27.7 Å². The zero-order valence-electron chi connectivity index (χ0n) is 29.9. The molecule has 0 rings (SSSR count). The molecule has 5 heteroatoms. The molecule has 0 heterocycles. The van der Waals surface area contributed by atoms with Gasteiger partial charge in [-0.3, -0.25) is 14.4 Å². The van der Waals surface area contributed by atoms with Crippen LogP contribution in [0.15, 0.2) is 0 Å². The molecule has 5 nitrogen and oxygen atoms in total. The summed E-state index contributed by atoms with van der Waals surface area (Å²) in [6.45, 7) is 10.1. The summed E-state index contributed by atoms with van der Waals surface area (Å²) in [5.74, 6) is 1.49. The molecule has 0 N–H and O–H groups in total. The number of esters is 2. The molecule has 0 aromatic rings. The first kappa shape index (κ1) is 42.6. The third-order valence-electron chi connectivity index (χ3n) is 9.12. The minimum absolute atomic E-state index is 0.0884. The van der Waals surface area contributed by atoms with Gasteiger partial charge in [0.25, 0.3) is 0 Å². The van der Waals surface area contributed by atoms with Crippen molar-refractivity contribution in [3.05, 3.63) is 0 Å². The van der Waals surface area contributed by atoms with Crippen molar-refractivity contribution in [1.29, 1.82) is 0 Å². The molecule has 0 aliphatic rings. The average Bonchev–Trinajstić information content (AvgIpc) is 3.00. The van der Waals surface area contributed by atoms with Gasteiger partial charge in [0.1, 0.15) is 5.78 Å². The highest BCUT2D eigenvalue weighted by molar-refractivity contribution is 5.78. The van der Waals surface area contributed by atoms with Crippen LogP contribution < -0.4 is 0 Å². The molecule has 0 radical (unpaired) electrons. The Morgan fingerprint density at radius 3 is 1.02 bits per heavy atom. The van der Waals surface area contributed by atoms with E-state index < -0.39 is 0 Å². The maximum Gasteiger partial charge on any atom is 0.305 e. The molecule has 0 aromatic heterocycles. The number of carbonyl (C=O) groups is 3. The Morgan fingerprint density at radius 1 is 0.386 bits per heavy atom. The van der Waals surface area contributed by atoms with Crippen molar-refractivity contribution >= 4 is 17.7 Å². The highest BCUT2D eigenvalue weighted by Crippen LogP contribution is 2.22. The Morgan fingerprint density at radius 2 is 0.705 bits per heavy atom. The van der Waals surface area contributed by atoms with Gasteiger partial charge in [-0.1, -0.05) is 143 Å². The van der Waals surface area contributed by atoms with E-state index in [1.165, 1.54) is 103 Å². The van der Waals surface area contributed by atoms with Gasteiger partial charge < -0.3 is 9.47 Å². The highest BCUT2D eigenvalue weighted by atomic mass is 16.5. The summed E-state index contributed by atoms with van der Waals surface area (Å²) in [6.07, 6.45) is 29.5. The number of ketones is 1. The minimum Gasteiger partial charge on any atom is -0.466 e. The molecule has 0 saturated carbocycles. The number of carbonyl (C=O) groups excluding carboxylic acids is 3. The third kappa shape index (κ3) is 29.3. The molecular formula is C39H74O5. The van der Waals surface area contributed by atoms with Crippen LogP contribution in [0.4, 0.5) is 0 Å². The first-order valence-corrected chi connectivity index (χ1v) is 19.3. The van der Waals surface area contributed by atoms with Crippen molar-refractivity contribution in [2.24, 2.45) is 11.8 Å².